The Kier molecular flexibility index (Phi) is 6.37. The third kappa shape index (κ3) is 4.54. The van der Waals surface area contributed by atoms with E-state index in [2.05, 4.69) is 0 Å². The lowest BCUT2D eigenvalue weighted by molar-refractivity contribution is -0.134. The monoisotopic (exact) mass is 385 g/mol. The summed E-state index contributed by atoms with van der Waals surface area (Å²) in [5.41, 5.74) is 1.25. The van der Waals surface area contributed by atoms with E-state index in [9.17, 15) is 9.59 Å². The van der Waals surface area contributed by atoms with Crippen molar-refractivity contribution in [2.75, 3.05) is 33.5 Å². The number of benzene rings is 2. The maximum absolute atomic E-state index is 12.4. The molecule has 148 valence electrons. The van der Waals surface area contributed by atoms with Gasteiger partial charge in [-0.05, 0) is 24.6 Å². The number of esters is 1. The zero-order valence-electron chi connectivity index (χ0n) is 16.0. The van der Waals surface area contributed by atoms with E-state index >= 15 is 0 Å². The summed E-state index contributed by atoms with van der Waals surface area (Å²) in [5, 5.41) is 0. The van der Waals surface area contributed by atoms with Crippen LogP contribution in [0.2, 0.25) is 0 Å². The minimum absolute atomic E-state index is 0.236. The first-order chi connectivity index (χ1) is 13.6. The smallest absolute Gasteiger partial charge is 0.338 e. The largest absolute Gasteiger partial charge is 0.493 e. The highest BCUT2D eigenvalue weighted by Gasteiger charge is 2.22. The standard InChI is InChI=1S/C21H23NO6/c1-3-22(13-15-7-5-4-6-8-15)19(23)14-28-21(24)16-11-17(25-2)20-18(12-16)26-9-10-27-20/h4-8,11-12H,3,9-10,13-14H2,1-2H3. The maximum atomic E-state index is 12.4. The van der Waals surface area contributed by atoms with Crippen molar-refractivity contribution >= 4 is 11.9 Å². The number of carbonyl (C=O) groups excluding carboxylic acids is 2. The predicted molar refractivity (Wildman–Crippen MR) is 102 cm³/mol. The predicted octanol–water partition coefficient (Wildman–Crippen LogP) is 2.67. The van der Waals surface area contributed by atoms with Crippen LogP contribution in [0.3, 0.4) is 0 Å². The average molecular weight is 385 g/mol. The number of amides is 1. The normalized spacial score (nSPS) is 12.2. The quantitative estimate of drug-likeness (QED) is 0.682. The van der Waals surface area contributed by atoms with Crippen LogP contribution in [0.1, 0.15) is 22.8 Å². The highest BCUT2D eigenvalue weighted by atomic mass is 16.6. The Morgan fingerprint density at radius 1 is 1.11 bits per heavy atom. The Hall–Kier alpha value is -3.22. The summed E-state index contributed by atoms with van der Waals surface area (Å²) in [5.74, 6) is 0.378. The Bertz CT molecular complexity index is 819. The molecular weight excluding hydrogens is 362 g/mol. The van der Waals surface area contributed by atoms with E-state index in [1.807, 2.05) is 37.3 Å². The van der Waals surface area contributed by atoms with Crippen LogP contribution in [0.4, 0.5) is 0 Å². The molecule has 3 rings (SSSR count). The SMILES string of the molecule is CCN(Cc1ccccc1)C(=O)COC(=O)c1cc(OC)c2c(c1)OCCO2. The second kappa shape index (κ2) is 9.12. The molecule has 0 N–H and O–H groups in total. The van der Waals surface area contributed by atoms with E-state index in [0.717, 1.165) is 5.56 Å². The number of hydrogen-bond donors (Lipinski definition) is 0. The molecule has 1 aliphatic heterocycles. The fourth-order valence-corrected chi connectivity index (χ4v) is 2.87. The van der Waals surface area contributed by atoms with Gasteiger partial charge in [-0.15, -0.1) is 0 Å². The fourth-order valence-electron chi connectivity index (χ4n) is 2.87. The topological polar surface area (TPSA) is 74.3 Å². The van der Waals surface area contributed by atoms with Gasteiger partial charge in [-0.2, -0.15) is 0 Å². The summed E-state index contributed by atoms with van der Waals surface area (Å²) < 4.78 is 21.5. The molecule has 0 radical (unpaired) electrons. The molecule has 2 aromatic carbocycles. The summed E-state index contributed by atoms with van der Waals surface area (Å²) in [6.45, 7) is 3.33. The van der Waals surface area contributed by atoms with Gasteiger partial charge in [-0.3, -0.25) is 4.79 Å². The van der Waals surface area contributed by atoms with Crippen LogP contribution in [-0.4, -0.2) is 50.3 Å². The van der Waals surface area contributed by atoms with E-state index in [4.69, 9.17) is 18.9 Å². The van der Waals surface area contributed by atoms with Gasteiger partial charge < -0.3 is 23.8 Å². The van der Waals surface area contributed by atoms with Crippen LogP contribution >= 0.6 is 0 Å². The van der Waals surface area contributed by atoms with Crippen molar-refractivity contribution in [1.29, 1.82) is 0 Å². The van der Waals surface area contributed by atoms with Crippen molar-refractivity contribution in [2.45, 2.75) is 13.5 Å². The van der Waals surface area contributed by atoms with Gasteiger partial charge in [0.1, 0.15) is 13.2 Å². The number of methoxy groups -OCH3 is 1. The lowest BCUT2D eigenvalue weighted by atomic mass is 10.1. The molecule has 1 heterocycles. The zero-order valence-corrected chi connectivity index (χ0v) is 16.0. The minimum atomic E-state index is -0.626. The number of nitrogens with zero attached hydrogens (tertiary/aromatic N) is 1. The highest BCUT2D eigenvalue weighted by Crippen LogP contribution is 2.40. The molecule has 0 aromatic heterocycles. The van der Waals surface area contributed by atoms with E-state index in [0.29, 0.717) is 43.6 Å². The van der Waals surface area contributed by atoms with Crippen LogP contribution in [0.5, 0.6) is 17.2 Å². The molecule has 0 spiro atoms. The molecule has 0 fully saturated rings. The van der Waals surface area contributed by atoms with Gasteiger partial charge in [0.05, 0.1) is 12.7 Å². The molecule has 1 amide bonds. The highest BCUT2D eigenvalue weighted by molar-refractivity contribution is 5.92. The first-order valence-corrected chi connectivity index (χ1v) is 9.08. The number of carbonyl (C=O) groups is 2. The number of ether oxygens (including phenoxy) is 4. The number of fused-ring (bicyclic) bond motifs is 1. The Labute approximate surface area is 163 Å². The fraction of sp³-hybridized carbons (Fsp3) is 0.333. The summed E-state index contributed by atoms with van der Waals surface area (Å²) >= 11 is 0. The summed E-state index contributed by atoms with van der Waals surface area (Å²) in [4.78, 5) is 26.5. The van der Waals surface area contributed by atoms with Crippen molar-refractivity contribution in [3.8, 4) is 17.2 Å². The number of hydrogen-bond acceptors (Lipinski definition) is 6. The molecule has 0 aliphatic carbocycles. The van der Waals surface area contributed by atoms with Gasteiger partial charge in [-0.25, -0.2) is 4.79 Å². The third-order valence-corrected chi connectivity index (χ3v) is 4.34. The van der Waals surface area contributed by atoms with Crippen molar-refractivity contribution < 1.29 is 28.5 Å². The molecule has 0 bridgehead atoms. The molecule has 0 saturated carbocycles. The van der Waals surface area contributed by atoms with Gasteiger partial charge in [0.2, 0.25) is 5.75 Å². The lowest BCUT2D eigenvalue weighted by Crippen LogP contribution is -2.34. The second-order valence-electron chi connectivity index (χ2n) is 6.17. The molecule has 0 saturated heterocycles. The summed E-state index contributed by atoms with van der Waals surface area (Å²) in [6, 6.07) is 12.7. The van der Waals surface area contributed by atoms with Crippen molar-refractivity contribution in [2.24, 2.45) is 0 Å². The van der Waals surface area contributed by atoms with Gasteiger partial charge in [0, 0.05) is 13.1 Å². The van der Waals surface area contributed by atoms with Crippen LogP contribution in [0.15, 0.2) is 42.5 Å². The Morgan fingerprint density at radius 3 is 2.57 bits per heavy atom. The molecular formula is C21H23NO6. The van der Waals surface area contributed by atoms with Crippen LogP contribution in [-0.2, 0) is 16.1 Å². The summed E-state index contributed by atoms with van der Waals surface area (Å²) in [7, 11) is 1.48. The molecule has 2 aromatic rings. The molecule has 7 heteroatoms. The zero-order chi connectivity index (χ0) is 19.9. The molecule has 0 unspecified atom stereocenters. The van der Waals surface area contributed by atoms with Gasteiger partial charge in [-0.1, -0.05) is 30.3 Å². The number of rotatable bonds is 7. The minimum Gasteiger partial charge on any atom is -0.493 e. The van der Waals surface area contributed by atoms with Crippen molar-refractivity contribution in [3.05, 3.63) is 53.6 Å². The van der Waals surface area contributed by atoms with Gasteiger partial charge in [0.15, 0.2) is 18.1 Å². The lowest BCUT2D eigenvalue weighted by Gasteiger charge is -2.22. The van der Waals surface area contributed by atoms with E-state index in [1.54, 1.807) is 4.90 Å². The molecule has 7 nitrogen and oxygen atoms in total. The van der Waals surface area contributed by atoms with Crippen LogP contribution in [0.25, 0.3) is 0 Å². The van der Waals surface area contributed by atoms with Crippen molar-refractivity contribution in [3.63, 3.8) is 0 Å². The van der Waals surface area contributed by atoms with Crippen LogP contribution < -0.4 is 14.2 Å². The second-order valence-corrected chi connectivity index (χ2v) is 6.17. The molecule has 1 aliphatic rings. The van der Waals surface area contributed by atoms with E-state index in [-0.39, 0.29) is 18.1 Å². The van der Waals surface area contributed by atoms with Crippen LogP contribution in [0, 0.1) is 0 Å². The molecule has 28 heavy (non-hydrogen) atoms. The third-order valence-electron chi connectivity index (χ3n) is 4.34. The van der Waals surface area contributed by atoms with Gasteiger partial charge in [0.25, 0.3) is 5.91 Å². The summed E-state index contributed by atoms with van der Waals surface area (Å²) in [6.07, 6.45) is 0. The first-order valence-electron chi connectivity index (χ1n) is 9.08. The number of likely N-dealkylation sites (N-methyl/N-ethyl adjacent to an activating group) is 1. The Balaban J connectivity index is 1.63. The van der Waals surface area contributed by atoms with Crippen molar-refractivity contribution in [1.82, 2.24) is 4.90 Å². The maximum Gasteiger partial charge on any atom is 0.338 e. The Morgan fingerprint density at radius 2 is 1.86 bits per heavy atom. The van der Waals surface area contributed by atoms with Gasteiger partial charge >= 0.3 is 5.97 Å². The average Bonchev–Trinajstić information content (AvgIpc) is 2.75. The van der Waals surface area contributed by atoms with E-state index in [1.165, 1.54) is 19.2 Å². The van der Waals surface area contributed by atoms with E-state index < -0.39 is 5.97 Å². The first kappa shape index (κ1) is 19.5. The molecule has 0 atom stereocenters.